The molecule has 1 aliphatic rings. The molecule has 0 saturated heterocycles. The first-order valence-corrected chi connectivity index (χ1v) is 10.7. The molecule has 1 unspecified atom stereocenters. The summed E-state index contributed by atoms with van der Waals surface area (Å²) < 4.78 is 5.66. The van der Waals surface area contributed by atoms with Crippen LogP contribution in [0.5, 0.6) is 5.75 Å². The lowest BCUT2D eigenvalue weighted by Crippen LogP contribution is -2.53. The Labute approximate surface area is 188 Å². The molecule has 0 saturated carbocycles. The second-order valence-corrected chi connectivity index (χ2v) is 8.18. The van der Waals surface area contributed by atoms with Gasteiger partial charge in [0.1, 0.15) is 11.9 Å². The van der Waals surface area contributed by atoms with Gasteiger partial charge >= 0.3 is 0 Å². The molecular formula is C26H27N3O3. The minimum absolute atomic E-state index is 0.199. The van der Waals surface area contributed by atoms with E-state index in [1.165, 1.54) is 10.6 Å². The van der Waals surface area contributed by atoms with Crippen LogP contribution in [0.3, 0.4) is 0 Å². The molecule has 6 nitrogen and oxygen atoms in total. The van der Waals surface area contributed by atoms with Gasteiger partial charge in [-0.05, 0) is 47.7 Å². The fourth-order valence-corrected chi connectivity index (χ4v) is 3.69. The van der Waals surface area contributed by atoms with E-state index in [0.717, 1.165) is 16.8 Å². The molecule has 2 amide bonds. The summed E-state index contributed by atoms with van der Waals surface area (Å²) in [6, 6.07) is 22.8. The van der Waals surface area contributed by atoms with Gasteiger partial charge in [-0.2, -0.15) is 0 Å². The van der Waals surface area contributed by atoms with E-state index in [4.69, 9.17) is 4.74 Å². The zero-order valence-corrected chi connectivity index (χ0v) is 18.5. The quantitative estimate of drug-likeness (QED) is 0.591. The molecular weight excluding hydrogens is 402 g/mol. The molecule has 4 rings (SSSR count). The Morgan fingerprint density at radius 1 is 1.03 bits per heavy atom. The maximum atomic E-state index is 13.3. The van der Waals surface area contributed by atoms with Crippen LogP contribution in [0.2, 0.25) is 0 Å². The Kier molecular flexibility index (Phi) is 6.12. The van der Waals surface area contributed by atoms with Crippen molar-refractivity contribution in [2.45, 2.75) is 32.9 Å². The van der Waals surface area contributed by atoms with Gasteiger partial charge in [0.2, 0.25) is 0 Å². The number of carbonyl (C=O) groups excluding carboxylic acids is 2. The van der Waals surface area contributed by atoms with Crippen molar-refractivity contribution in [3.8, 4) is 5.75 Å². The molecule has 0 aliphatic carbocycles. The third-order valence-corrected chi connectivity index (χ3v) is 5.54. The van der Waals surface area contributed by atoms with Gasteiger partial charge in [0.15, 0.2) is 6.61 Å². The van der Waals surface area contributed by atoms with Crippen LogP contribution in [0.4, 0.5) is 5.69 Å². The van der Waals surface area contributed by atoms with Crippen LogP contribution in [0.15, 0.2) is 72.8 Å². The Morgan fingerprint density at radius 3 is 2.44 bits per heavy atom. The van der Waals surface area contributed by atoms with E-state index < -0.39 is 12.1 Å². The molecule has 0 fully saturated rings. The number of fused-ring (bicyclic) bond motifs is 1. The summed E-state index contributed by atoms with van der Waals surface area (Å²) in [5.74, 6) is 0.352. The second-order valence-electron chi connectivity index (χ2n) is 8.18. The van der Waals surface area contributed by atoms with Gasteiger partial charge in [-0.15, -0.1) is 0 Å². The number of para-hydroxylation sites is 2. The number of carbonyl (C=O) groups is 2. The maximum absolute atomic E-state index is 13.3. The summed E-state index contributed by atoms with van der Waals surface area (Å²) in [5, 5.41) is 4.72. The summed E-state index contributed by atoms with van der Waals surface area (Å²) >= 11 is 0. The van der Waals surface area contributed by atoms with Crippen LogP contribution in [0.25, 0.3) is 0 Å². The third-order valence-electron chi connectivity index (χ3n) is 5.54. The number of hydrogen-bond acceptors (Lipinski definition) is 4. The largest absolute Gasteiger partial charge is 0.483 e. The zero-order chi connectivity index (χ0) is 22.7. The lowest BCUT2D eigenvalue weighted by atomic mass is 9.99. The number of nitrogens with one attached hydrogen (secondary N) is 2. The summed E-state index contributed by atoms with van der Waals surface area (Å²) in [6.07, 6.45) is -0.541. The summed E-state index contributed by atoms with van der Waals surface area (Å²) in [5.41, 5.74) is 7.00. The molecule has 6 heteroatoms. The normalized spacial score (nSPS) is 15.2. The van der Waals surface area contributed by atoms with Crippen molar-refractivity contribution in [3.63, 3.8) is 0 Å². The molecule has 1 heterocycles. The van der Waals surface area contributed by atoms with E-state index in [1.807, 2.05) is 67.6 Å². The molecule has 32 heavy (non-hydrogen) atoms. The van der Waals surface area contributed by atoms with E-state index in [1.54, 1.807) is 12.1 Å². The highest BCUT2D eigenvalue weighted by Gasteiger charge is 2.34. The van der Waals surface area contributed by atoms with E-state index in [-0.39, 0.29) is 12.5 Å². The minimum atomic E-state index is -0.541. The highest BCUT2D eigenvalue weighted by atomic mass is 16.5. The van der Waals surface area contributed by atoms with Gasteiger partial charge < -0.3 is 10.1 Å². The highest BCUT2D eigenvalue weighted by molar-refractivity contribution is 6.02. The van der Waals surface area contributed by atoms with Gasteiger partial charge in [0.25, 0.3) is 11.8 Å². The van der Waals surface area contributed by atoms with E-state index >= 15 is 0 Å². The average Bonchev–Trinajstić information content (AvgIpc) is 2.80. The van der Waals surface area contributed by atoms with Gasteiger partial charge in [-0.25, -0.2) is 5.01 Å². The Morgan fingerprint density at radius 2 is 1.72 bits per heavy atom. The SMILES string of the molecule is Cc1ccccc1OCC(=O)NN1C(=O)c2ccccc2NC1c1ccc(C(C)C)cc1. The minimum Gasteiger partial charge on any atom is -0.483 e. The van der Waals surface area contributed by atoms with E-state index in [0.29, 0.717) is 17.2 Å². The average molecular weight is 430 g/mol. The number of benzene rings is 3. The number of aryl methyl sites for hydroxylation is 1. The maximum Gasteiger partial charge on any atom is 0.276 e. The van der Waals surface area contributed by atoms with Crippen molar-refractivity contribution in [1.82, 2.24) is 10.4 Å². The summed E-state index contributed by atoms with van der Waals surface area (Å²) in [4.78, 5) is 26.0. The van der Waals surface area contributed by atoms with Crippen molar-refractivity contribution in [3.05, 3.63) is 95.1 Å². The molecule has 3 aromatic carbocycles. The van der Waals surface area contributed by atoms with E-state index in [2.05, 4.69) is 24.6 Å². The number of hydrazine groups is 1. The fraction of sp³-hybridized carbons (Fsp3) is 0.231. The first-order chi connectivity index (χ1) is 15.4. The van der Waals surface area contributed by atoms with Crippen molar-refractivity contribution < 1.29 is 14.3 Å². The molecule has 0 spiro atoms. The predicted octanol–water partition coefficient (Wildman–Crippen LogP) is 4.80. The number of hydrogen-bond donors (Lipinski definition) is 2. The van der Waals surface area contributed by atoms with Gasteiger partial charge in [-0.3, -0.25) is 15.0 Å². The smallest absolute Gasteiger partial charge is 0.276 e. The number of anilines is 1. The monoisotopic (exact) mass is 429 g/mol. The fourth-order valence-electron chi connectivity index (χ4n) is 3.69. The summed E-state index contributed by atoms with van der Waals surface area (Å²) in [7, 11) is 0. The zero-order valence-electron chi connectivity index (χ0n) is 18.5. The summed E-state index contributed by atoms with van der Waals surface area (Å²) in [6.45, 7) is 5.98. The van der Waals surface area contributed by atoms with Crippen LogP contribution in [-0.4, -0.2) is 23.4 Å². The molecule has 1 aliphatic heterocycles. The molecule has 0 aromatic heterocycles. The number of nitrogens with zero attached hydrogens (tertiary/aromatic N) is 1. The first kappa shape index (κ1) is 21.4. The Hall–Kier alpha value is -3.80. The van der Waals surface area contributed by atoms with Crippen LogP contribution >= 0.6 is 0 Å². The molecule has 0 radical (unpaired) electrons. The lowest BCUT2D eigenvalue weighted by Gasteiger charge is -2.37. The van der Waals surface area contributed by atoms with Crippen LogP contribution in [0, 0.1) is 6.92 Å². The van der Waals surface area contributed by atoms with Crippen molar-refractivity contribution in [1.29, 1.82) is 0 Å². The van der Waals surface area contributed by atoms with Gasteiger partial charge in [0.05, 0.1) is 5.56 Å². The second kappa shape index (κ2) is 9.14. The standard InChI is InChI=1S/C26H27N3O3/c1-17(2)19-12-14-20(15-13-19)25-27-22-10-6-5-9-21(22)26(31)29(25)28-24(30)16-32-23-11-7-4-8-18(23)3/h4-15,17,25,27H,16H2,1-3H3,(H,28,30). The third kappa shape index (κ3) is 4.44. The molecule has 3 aromatic rings. The van der Waals surface area contributed by atoms with Gasteiger partial charge in [-0.1, -0.05) is 68.4 Å². The Balaban J connectivity index is 1.57. The van der Waals surface area contributed by atoms with Crippen LogP contribution in [0.1, 0.15) is 53.0 Å². The van der Waals surface area contributed by atoms with E-state index in [9.17, 15) is 9.59 Å². The molecule has 0 bridgehead atoms. The molecule has 164 valence electrons. The number of amides is 2. The molecule has 2 N–H and O–H groups in total. The number of rotatable bonds is 6. The van der Waals surface area contributed by atoms with Crippen LogP contribution < -0.4 is 15.5 Å². The lowest BCUT2D eigenvalue weighted by molar-refractivity contribution is -0.127. The van der Waals surface area contributed by atoms with Gasteiger partial charge in [0, 0.05) is 5.69 Å². The number of ether oxygens (including phenoxy) is 1. The van der Waals surface area contributed by atoms with Crippen molar-refractivity contribution in [2.24, 2.45) is 0 Å². The molecule has 1 atom stereocenters. The topological polar surface area (TPSA) is 70.7 Å². The predicted molar refractivity (Wildman–Crippen MR) is 124 cm³/mol. The van der Waals surface area contributed by atoms with Crippen molar-refractivity contribution >= 4 is 17.5 Å². The Bertz CT molecular complexity index is 1130. The van der Waals surface area contributed by atoms with Crippen molar-refractivity contribution in [2.75, 3.05) is 11.9 Å². The highest BCUT2D eigenvalue weighted by Crippen LogP contribution is 2.32. The first-order valence-electron chi connectivity index (χ1n) is 10.7. The van der Waals surface area contributed by atoms with Crippen LogP contribution in [-0.2, 0) is 4.79 Å².